The number of rotatable bonds is 4. The number of nitrogens with one attached hydrogen (secondary N) is 1. The molecule has 0 bridgehead atoms. The number of benzene rings is 1. The highest BCUT2D eigenvalue weighted by molar-refractivity contribution is 5.99. The van der Waals surface area contributed by atoms with Crippen molar-refractivity contribution < 1.29 is 9.53 Å². The van der Waals surface area contributed by atoms with Gasteiger partial charge in [0.1, 0.15) is 0 Å². The molecule has 3 heterocycles. The third-order valence-corrected chi connectivity index (χ3v) is 4.59. The largest absolute Gasteiger partial charge is 0.378 e. The summed E-state index contributed by atoms with van der Waals surface area (Å²) in [6.45, 7) is 5.29. The van der Waals surface area contributed by atoms with Gasteiger partial charge in [-0.3, -0.25) is 4.79 Å². The van der Waals surface area contributed by atoms with E-state index in [-0.39, 0.29) is 11.9 Å². The third-order valence-electron chi connectivity index (χ3n) is 4.59. The maximum Gasteiger partial charge on any atom is 0.255 e. The van der Waals surface area contributed by atoms with E-state index in [1.54, 1.807) is 18.3 Å². The van der Waals surface area contributed by atoms with Crippen LogP contribution >= 0.6 is 0 Å². The van der Waals surface area contributed by atoms with E-state index in [0.29, 0.717) is 11.2 Å². The number of carbonyl (C=O) groups excluding carboxylic acids is 1. The second kappa shape index (κ2) is 7.09. The van der Waals surface area contributed by atoms with Crippen LogP contribution in [-0.4, -0.2) is 52.3 Å². The average Bonchev–Trinajstić information content (AvgIpc) is 3.17. The van der Waals surface area contributed by atoms with Gasteiger partial charge in [0.2, 0.25) is 0 Å². The molecule has 1 fully saturated rings. The van der Waals surface area contributed by atoms with Crippen LogP contribution < -0.4 is 10.2 Å². The number of fused-ring (bicyclic) bond motifs is 1. The lowest BCUT2D eigenvalue weighted by molar-refractivity contribution is 0.0941. The molecule has 2 aromatic heterocycles. The molecule has 0 saturated carbocycles. The first-order valence-corrected chi connectivity index (χ1v) is 8.62. The van der Waals surface area contributed by atoms with Crippen LogP contribution in [0.5, 0.6) is 0 Å². The van der Waals surface area contributed by atoms with E-state index >= 15 is 0 Å². The molecule has 1 N–H and O–H groups in total. The summed E-state index contributed by atoms with van der Waals surface area (Å²) < 4.78 is 6.87. The first-order chi connectivity index (χ1) is 12.7. The SMILES string of the molecule is C[C@H](NC(=O)c1cccn2nnnc12)c1ccc(N2CCOCC2)cc1. The first-order valence-electron chi connectivity index (χ1n) is 8.62. The molecule has 1 aliphatic rings. The van der Waals surface area contributed by atoms with Crippen LogP contribution in [0.15, 0.2) is 42.6 Å². The summed E-state index contributed by atoms with van der Waals surface area (Å²) in [5.74, 6) is -0.199. The highest BCUT2D eigenvalue weighted by Gasteiger charge is 2.17. The molecule has 3 aromatic rings. The molecule has 1 amide bonds. The Morgan fingerprint density at radius 3 is 2.73 bits per heavy atom. The predicted octanol–water partition coefficient (Wildman–Crippen LogP) is 1.45. The fourth-order valence-electron chi connectivity index (χ4n) is 3.10. The number of carbonyl (C=O) groups is 1. The first kappa shape index (κ1) is 16.5. The summed E-state index contributed by atoms with van der Waals surface area (Å²) in [5.41, 5.74) is 3.12. The summed E-state index contributed by atoms with van der Waals surface area (Å²) in [4.78, 5) is 14.9. The Labute approximate surface area is 150 Å². The number of nitrogens with zero attached hydrogens (tertiary/aromatic N) is 5. The smallest absolute Gasteiger partial charge is 0.255 e. The minimum Gasteiger partial charge on any atom is -0.378 e. The van der Waals surface area contributed by atoms with Crippen LogP contribution in [-0.2, 0) is 4.74 Å². The lowest BCUT2D eigenvalue weighted by Gasteiger charge is -2.29. The van der Waals surface area contributed by atoms with Gasteiger partial charge in [-0.1, -0.05) is 12.1 Å². The van der Waals surface area contributed by atoms with Crippen molar-refractivity contribution in [2.24, 2.45) is 0 Å². The standard InChI is InChI=1S/C18H20N6O2/c1-13(14-4-6-15(7-5-14)23-9-11-26-12-10-23)19-18(25)16-3-2-8-24-17(16)20-21-22-24/h2-8,13H,9-12H2,1H3,(H,19,25)/t13-/m0/s1. The molecule has 0 unspecified atom stereocenters. The minimum atomic E-state index is -0.199. The third kappa shape index (κ3) is 3.23. The van der Waals surface area contributed by atoms with Crippen molar-refractivity contribution in [3.63, 3.8) is 0 Å². The second-order valence-electron chi connectivity index (χ2n) is 6.26. The number of pyridine rings is 1. The number of anilines is 1. The Morgan fingerprint density at radius 2 is 1.96 bits per heavy atom. The number of ether oxygens (including phenoxy) is 1. The summed E-state index contributed by atoms with van der Waals surface area (Å²) in [6, 6.07) is 11.6. The number of hydrogen-bond acceptors (Lipinski definition) is 6. The van der Waals surface area contributed by atoms with Crippen molar-refractivity contribution in [1.82, 2.24) is 25.4 Å². The molecule has 1 saturated heterocycles. The van der Waals surface area contributed by atoms with E-state index in [2.05, 4.69) is 50.0 Å². The molecule has 1 aromatic carbocycles. The van der Waals surface area contributed by atoms with Gasteiger partial charge in [0.25, 0.3) is 5.91 Å². The molecular formula is C18H20N6O2. The fourth-order valence-corrected chi connectivity index (χ4v) is 3.10. The number of morpholine rings is 1. The molecule has 1 atom stereocenters. The molecule has 0 spiro atoms. The molecule has 1 aliphatic heterocycles. The van der Waals surface area contributed by atoms with Crippen LogP contribution in [0.2, 0.25) is 0 Å². The minimum absolute atomic E-state index is 0.127. The number of aromatic nitrogens is 4. The highest BCUT2D eigenvalue weighted by atomic mass is 16.5. The van der Waals surface area contributed by atoms with Gasteiger partial charge in [-0.05, 0) is 47.2 Å². The molecular weight excluding hydrogens is 332 g/mol. The monoisotopic (exact) mass is 352 g/mol. The van der Waals surface area contributed by atoms with Crippen LogP contribution in [0.1, 0.15) is 28.9 Å². The average molecular weight is 352 g/mol. The quantitative estimate of drug-likeness (QED) is 0.765. The van der Waals surface area contributed by atoms with Crippen LogP contribution in [0, 0.1) is 0 Å². The summed E-state index contributed by atoms with van der Waals surface area (Å²) in [5, 5.41) is 14.3. The highest BCUT2D eigenvalue weighted by Crippen LogP contribution is 2.20. The van der Waals surface area contributed by atoms with Crippen molar-refractivity contribution >= 4 is 17.2 Å². The zero-order valence-corrected chi connectivity index (χ0v) is 14.5. The van der Waals surface area contributed by atoms with E-state index in [4.69, 9.17) is 4.74 Å². The van der Waals surface area contributed by atoms with Crippen molar-refractivity contribution in [1.29, 1.82) is 0 Å². The lowest BCUT2D eigenvalue weighted by Crippen LogP contribution is -2.36. The second-order valence-corrected chi connectivity index (χ2v) is 6.26. The molecule has 4 rings (SSSR count). The van der Waals surface area contributed by atoms with Crippen molar-refractivity contribution in [2.75, 3.05) is 31.2 Å². The molecule has 134 valence electrons. The van der Waals surface area contributed by atoms with Crippen LogP contribution in [0.4, 0.5) is 5.69 Å². The van der Waals surface area contributed by atoms with Gasteiger partial charge in [-0.15, -0.1) is 5.10 Å². The maximum atomic E-state index is 12.6. The maximum absolute atomic E-state index is 12.6. The van der Waals surface area contributed by atoms with E-state index in [1.165, 1.54) is 10.2 Å². The van der Waals surface area contributed by atoms with Crippen LogP contribution in [0.3, 0.4) is 0 Å². The van der Waals surface area contributed by atoms with Gasteiger partial charge in [-0.25, -0.2) is 0 Å². The Bertz CT molecular complexity index is 901. The summed E-state index contributed by atoms with van der Waals surface area (Å²) in [7, 11) is 0. The Morgan fingerprint density at radius 1 is 1.19 bits per heavy atom. The van der Waals surface area contributed by atoms with Crippen molar-refractivity contribution in [3.05, 3.63) is 53.7 Å². The number of amides is 1. The molecule has 8 nitrogen and oxygen atoms in total. The zero-order chi connectivity index (χ0) is 17.9. The molecule has 0 aliphatic carbocycles. The zero-order valence-electron chi connectivity index (χ0n) is 14.5. The fraction of sp³-hybridized carbons (Fsp3) is 0.333. The summed E-state index contributed by atoms with van der Waals surface area (Å²) in [6.07, 6.45) is 1.71. The van der Waals surface area contributed by atoms with E-state index in [0.717, 1.165) is 31.9 Å². The van der Waals surface area contributed by atoms with Gasteiger partial charge >= 0.3 is 0 Å². The summed E-state index contributed by atoms with van der Waals surface area (Å²) >= 11 is 0. The van der Waals surface area contributed by atoms with Crippen LogP contribution in [0.25, 0.3) is 5.65 Å². The normalized spacial score (nSPS) is 15.8. The Hall–Kier alpha value is -3.00. The Kier molecular flexibility index (Phi) is 4.49. The van der Waals surface area contributed by atoms with Crippen molar-refractivity contribution in [3.8, 4) is 0 Å². The van der Waals surface area contributed by atoms with Crippen molar-refractivity contribution in [2.45, 2.75) is 13.0 Å². The van der Waals surface area contributed by atoms with E-state index in [1.807, 2.05) is 6.92 Å². The van der Waals surface area contributed by atoms with Gasteiger partial charge in [-0.2, -0.15) is 4.52 Å². The number of hydrogen-bond donors (Lipinski definition) is 1. The van der Waals surface area contributed by atoms with Gasteiger partial charge in [0, 0.05) is 25.0 Å². The van der Waals surface area contributed by atoms with Gasteiger partial charge in [0.15, 0.2) is 5.65 Å². The lowest BCUT2D eigenvalue weighted by atomic mass is 10.1. The van der Waals surface area contributed by atoms with Gasteiger partial charge < -0.3 is 15.0 Å². The van der Waals surface area contributed by atoms with Gasteiger partial charge in [0.05, 0.1) is 24.8 Å². The molecule has 26 heavy (non-hydrogen) atoms. The molecule has 0 radical (unpaired) electrons. The van der Waals surface area contributed by atoms with E-state index in [9.17, 15) is 4.79 Å². The predicted molar refractivity (Wildman–Crippen MR) is 96.1 cm³/mol. The molecule has 8 heteroatoms. The Balaban J connectivity index is 1.46. The number of tetrazole rings is 1. The topological polar surface area (TPSA) is 84.7 Å². The van der Waals surface area contributed by atoms with E-state index < -0.39 is 0 Å².